The van der Waals surface area contributed by atoms with Crippen LogP contribution in [-0.4, -0.2) is 6.54 Å². The normalized spacial score (nSPS) is 38.7. The summed E-state index contributed by atoms with van der Waals surface area (Å²) in [4.78, 5) is 0. The van der Waals surface area contributed by atoms with Gasteiger partial charge in [0.1, 0.15) is 0 Å². The summed E-state index contributed by atoms with van der Waals surface area (Å²) < 4.78 is 0. The third-order valence-corrected chi connectivity index (χ3v) is 3.38. The SMILES string of the molecule is CC1CCC=CC1C1C=CNCC1. The van der Waals surface area contributed by atoms with E-state index in [1.165, 1.54) is 19.3 Å². The molecule has 0 radical (unpaired) electrons. The van der Waals surface area contributed by atoms with E-state index in [1.54, 1.807) is 0 Å². The molecule has 72 valence electrons. The number of allylic oxidation sites excluding steroid dienone is 3. The lowest BCUT2D eigenvalue weighted by atomic mass is 9.75. The van der Waals surface area contributed by atoms with Crippen LogP contribution >= 0.6 is 0 Å². The zero-order valence-electron chi connectivity index (χ0n) is 8.37. The largest absolute Gasteiger partial charge is 0.391 e. The Kier molecular flexibility index (Phi) is 2.72. The van der Waals surface area contributed by atoms with Crippen molar-refractivity contribution in [3.05, 3.63) is 24.4 Å². The van der Waals surface area contributed by atoms with Crippen LogP contribution in [0.1, 0.15) is 26.2 Å². The molecule has 0 saturated heterocycles. The van der Waals surface area contributed by atoms with E-state index in [0.29, 0.717) is 0 Å². The molecule has 13 heavy (non-hydrogen) atoms. The van der Waals surface area contributed by atoms with Gasteiger partial charge < -0.3 is 5.32 Å². The molecule has 0 fully saturated rings. The highest BCUT2D eigenvalue weighted by Gasteiger charge is 2.25. The molecule has 1 N–H and O–H groups in total. The fourth-order valence-corrected chi connectivity index (χ4v) is 2.50. The topological polar surface area (TPSA) is 12.0 Å². The molecule has 1 aliphatic heterocycles. The molecule has 1 heteroatoms. The van der Waals surface area contributed by atoms with E-state index in [0.717, 1.165) is 24.3 Å². The Labute approximate surface area is 80.9 Å². The number of rotatable bonds is 1. The quantitative estimate of drug-likeness (QED) is 0.607. The second kappa shape index (κ2) is 3.99. The molecule has 0 bridgehead atoms. The van der Waals surface area contributed by atoms with Gasteiger partial charge in [0.25, 0.3) is 0 Å². The van der Waals surface area contributed by atoms with Crippen LogP contribution in [0.3, 0.4) is 0 Å². The number of hydrogen-bond acceptors (Lipinski definition) is 1. The molecule has 1 heterocycles. The first-order valence-electron chi connectivity index (χ1n) is 5.44. The first-order chi connectivity index (χ1) is 6.38. The van der Waals surface area contributed by atoms with Crippen LogP contribution in [-0.2, 0) is 0 Å². The second-order valence-corrected chi connectivity index (χ2v) is 4.33. The monoisotopic (exact) mass is 177 g/mol. The van der Waals surface area contributed by atoms with Crippen molar-refractivity contribution >= 4 is 0 Å². The van der Waals surface area contributed by atoms with E-state index in [1.807, 2.05) is 0 Å². The Balaban J connectivity index is 2.04. The second-order valence-electron chi connectivity index (χ2n) is 4.33. The van der Waals surface area contributed by atoms with Crippen LogP contribution in [0.25, 0.3) is 0 Å². The van der Waals surface area contributed by atoms with Gasteiger partial charge in [-0.25, -0.2) is 0 Å². The fraction of sp³-hybridized carbons (Fsp3) is 0.667. The lowest BCUT2D eigenvalue weighted by Crippen LogP contribution is -2.27. The van der Waals surface area contributed by atoms with Gasteiger partial charge in [-0.05, 0) is 43.2 Å². The summed E-state index contributed by atoms with van der Waals surface area (Å²) in [7, 11) is 0. The molecule has 2 rings (SSSR count). The minimum absolute atomic E-state index is 0.785. The average Bonchev–Trinajstić information content (AvgIpc) is 2.20. The van der Waals surface area contributed by atoms with Crippen molar-refractivity contribution in [3.63, 3.8) is 0 Å². The van der Waals surface area contributed by atoms with Crippen molar-refractivity contribution in [1.82, 2.24) is 5.32 Å². The van der Waals surface area contributed by atoms with Gasteiger partial charge in [0.2, 0.25) is 0 Å². The van der Waals surface area contributed by atoms with E-state index >= 15 is 0 Å². The van der Waals surface area contributed by atoms with Crippen LogP contribution in [0.5, 0.6) is 0 Å². The summed E-state index contributed by atoms with van der Waals surface area (Å²) in [6, 6.07) is 0. The first kappa shape index (κ1) is 8.86. The highest BCUT2D eigenvalue weighted by Crippen LogP contribution is 2.33. The third kappa shape index (κ3) is 1.96. The van der Waals surface area contributed by atoms with Crippen molar-refractivity contribution in [1.29, 1.82) is 0 Å². The zero-order valence-corrected chi connectivity index (χ0v) is 8.37. The van der Waals surface area contributed by atoms with Crippen molar-refractivity contribution < 1.29 is 0 Å². The van der Waals surface area contributed by atoms with Gasteiger partial charge in [0.15, 0.2) is 0 Å². The summed E-state index contributed by atoms with van der Waals surface area (Å²) in [6.45, 7) is 3.54. The minimum atomic E-state index is 0.785. The summed E-state index contributed by atoms with van der Waals surface area (Å²) in [6.07, 6.45) is 13.2. The molecule has 3 atom stereocenters. The van der Waals surface area contributed by atoms with E-state index in [4.69, 9.17) is 0 Å². The van der Waals surface area contributed by atoms with Crippen molar-refractivity contribution in [2.24, 2.45) is 17.8 Å². The molecule has 0 aromatic carbocycles. The Morgan fingerprint density at radius 3 is 2.85 bits per heavy atom. The lowest BCUT2D eigenvalue weighted by molar-refractivity contribution is 0.295. The van der Waals surface area contributed by atoms with Gasteiger partial charge in [-0.1, -0.05) is 25.2 Å². The Morgan fingerprint density at radius 1 is 1.23 bits per heavy atom. The van der Waals surface area contributed by atoms with Gasteiger partial charge in [-0.3, -0.25) is 0 Å². The van der Waals surface area contributed by atoms with Crippen molar-refractivity contribution in [2.75, 3.05) is 6.54 Å². The molecular weight excluding hydrogens is 158 g/mol. The smallest absolute Gasteiger partial charge is 0.0147 e. The maximum Gasteiger partial charge on any atom is 0.0147 e. The molecular formula is C12H19N. The van der Waals surface area contributed by atoms with Gasteiger partial charge >= 0.3 is 0 Å². The summed E-state index contributed by atoms with van der Waals surface area (Å²) >= 11 is 0. The molecule has 1 aliphatic carbocycles. The van der Waals surface area contributed by atoms with Crippen LogP contribution in [0.4, 0.5) is 0 Å². The van der Waals surface area contributed by atoms with Crippen LogP contribution in [0.2, 0.25) is 0 Å². The first-order valence-corrected chi connectivity index (χ1v) is 5.44. The summed E-state index contributed by atoms with van der Waals surface area (Å²) in [5.41, 5.74) is 0. The molecule has 0 amide bonds. The van der Waals surface area contributed by atoms with Crippen molar-refractivity contribution in [3.8, 4) is 0 Å². The maximum atomic E-state index is 3.26. The van der Waals surface area contributed by atoms with Crippen molar-refractivity contribution in [2.45, 2.75) is 26.2 Å². The van der Waals surface area contributed by atoms with Gasteiger partial charge in [-0.2, -0.15) is 0 Å². The predicted octanol–water partition coefficient (Wildman–Crippen LogP) is 2.71. The number of hydrogen-bond donors (Lipinski definition) is 1. The van der Waals surface area contributed by atoms with E-state index in [2.05, 4.69) is 36.7 Å². The zero-order chi connectivity index (χ0) is 9.10. The van der Waals surface area contributed by atoms with Gasteiger partial charge in [-0.15, -0.1) is 0 Å². The Morgan fingerprint density at radius 2 is 2.15 bits per heavy atom. The Hall–Kier alpha value is -0.720. The summed E-state index contributed by atoms with van der Waals surface area (Å²) in [5.74, 6) is 2.46. The Bertz CT molecular complexity index is 217. The van der Waals surface area contributed by atoms with E-state index in [9.17, 15) is 0 Å². The fourth-order valence-electron chi connectivity index (χ4n) is 2.50. The standard InChI is InChI=1S/C12H19N/c1-10-4-2-3-5-12(10)11-6-8-13-9-7-11/h3,5-6,8,10-13H,2,4,7,9H2,1H3. The third-order valence-electron chi connectivity index (χ3n) is 3.38. The molecule has 0 saturated carbocycles. The minimum Gasteiger partial charge on any atom is -0.391 e. The van der Waals surface area contributed by atoms with Gasteiger partial charge in [0, 0.05) is 6.54 Å². The molecule has 2 aliphatic rings. The predicted molar refractivity (Wildman–Crippen MR) is 56.3 cm³/mol. The summed E-state index contributed by atoms with van der Waals surface area (Å²) in [5, 5.41) is 3.26. The van der Waals surface area contributed by atoms with E-state index in [-0.39, 0.29) is 0 Å². The molecule has 1 nitrogen and oxygen atoms in total. The molecule has 3 unspecified atom stereocenters. The lowest BCUT2D eigenvalue weighted by Gasteiger charge is -2.31. The van der Waals surface area contributed by atoms with Gasteiger partial charge in [0.05, 0.1) is 0 Å². The van der Waals surface area contributed by atoms with Crippen LogP contribution in [0.15, 0.2) is 24.4 Å². The molecule has 0 aromatic heterocycles. The average molecular weight is 177 g/mol. The molecule has 0 aromatic rings. The number of nitrogens with one attached hydrogen (secondary N) is 1. The highest BCUT2D eigenvalue weighted by molar-refractivity contribution is 5.05. The molecule has 0 spiro atoms. The van der Waals surface area contributed by atoms with Crippen LogP contribution in [0, 0.1) is 17.8 Å². The maximum absolute atomic E-state index is 3.26. The van der Waals surface area contributed by atoms with Crippen LogP contribution < -0.4 is 5.32 Å². The highest BCUT2D eigenvalue weighted by atomic mass is 14.8. The van der Waals surface area contributed by atoms with E-state index < -0.39 is 0 Å².